The second kappa shape index (κ2) is 9.17. The van der Waals surface area contributed by atoms with E-state index in [2.05, 4.69) is 20.8 Å². The minimum absolute atomic E-state index is 0.0607. The molecule has 3 heterocycles. The smallest absolute Gasteiger partial charge is 0.254 e. The number of aryl methyl sites for hydroxylation is 1. The number of fused-ring (bicyclic) bond motifs is 1. The average Bonchev–Trinajstić information content (AvgIpc) is 3.63. The molecular weight excluding hydrogens is 440 g/mol. The van der Waals surface area contributed by atoms with Gasteiger partial charge in [0, 0.05) is 37.5 Å². The summed E-state index contributed by atoms with van der Waals surface area (Å²) in [4.78, 5) is 20.8. The topological polar surface area (TPSA) is 69.5 Å². The van der Waals surface area contributed by atoms with E-state index in [9.17, 15) is 4.79 Å². The number of amides is 1. The molecular formula is C28H36N4O3. The van der Waals surface area contributed by atoms with Gasteiger partial charge in [0.15, 0.2) is 17.1 Å². The average molecular weight is 477 g/mol. The van der Waals surface area contributed by atoms with Crippen LogP contribution in [0.1, 0.15) is 81.0 Å². The summed E-state index contributed by atoms with van der Waals surface area (Å²) in [6.07, 6.45) is 3.92. The number of carbonyl (C=O) groups is 1. The van der Waals surface area contributed by atoms with Gasteiger partial charge in [0.25, 0.3) is 5.91 Å². The molecule has 7 nitrogen and oxygen atoms in total. The Balaban J connectivity index is 1.37. The lowest BCUT2D eigenvalue weighted by molar-refractivity contribution is 0.0591. The first-order valence-electron chi connectivity index (χ1n) is 12.8. The highest BCUT2D eigenvalue weighted by Crippen LogP contribution is 2.41. The Morgan fingerprint density at radius 3 is 2.40 bits per heavy atom. The van der Waals surface area contributed by atoms with Crippen molar-refractivity contribution in [2.45, 2.75) is 77.9 Å². The lowest BCUT2D eigenvalue weighted by Gasteiger charge is -2.32. The normalized spacial score (nSPS) is 17.1. The summed E-state index contributed by atoms with van der Waals surface area (Å²) >= 11 is 0. The van der Waals surface area contributed by atoms with Gasteiger partial charge in [-0.1, -0.05) is 12.1 Å². The fraction of sp³-hybridized carbons (Fsp3) is 0.536. The number of hydrogen-bond donors (Lipinski definition) is 0. The fourth-order valence-electron chi connectivity index (χ4n) is 4.88. The molecule has 0 spiro atoms. The number of aromatic nitrogens is 3. The number of piperidine rings is 1. The maximum Gasteiger partial charge on any atom is 0.254 e. The molecule has 0 atom stereocenters. The Labute approximate surface area is 207 Å². The predicted octanol–water partition coefficient (Wildman–Crippen LogP) is 5.45. The SMILES string of the molecule is CCOc1ccccc1OC1CCN(C(=O)c2cc(C3CC3)nc3c2c(C)nn3C(C)(C)C)CC1. The standard InChI is InChI=1S/C28H36N4O3/c1-6-34-23-9-7-8-10-24(23)35-20-13-15-31(16-14-20)27(33)21-17-22(19-11-12-19)29-26-25(21)18(2)30-32(26)28(3,4)5/h7-10,17,19-20H,6,11-16H2,1-5H3. The molecule has 2 aromatic heterocycles. The van der Waals surface area contributed by atoms with Crippen LogP contribution in [0.5, 0.6) is 11.5 Å². The summed E-state index contributed by atoms with van der Waals surface area (Å²) < 4.78 is 14.0. The number of benzene rings is 1. The van der Waals surface area contributed by atoms with Gasteiger partial charge in [0.05, 0.1) is 28.8 Å². The van der Waals surface area contributed by atoms with E-state index in [0.29, 0.717) is 25.6 Å². The van der Waals surface area contributed by atoms with E-state index in [4.69, 9.17) is 19.6 Å². The molecule has 0 bridgehead atoms. The van der Waals surface area contributed by atoms with E-state index in [1.807, 2.05) is 53.8 Å². The number of rotatable bonds is 6. The van der Waals surface area contributed by atoms with Crippen LogP contribution >= 0.6 is 0 Å². The first-order valence-corrected chi connectivity index (χ1v) is 12.8. The third kappa shape index (κ3) is 4.73. The lowest BCUT2D eigenvalue weighted by Crippen LogP contribution is -2.42. The van der Waals surface area contributed by atoms with Crippen LogP contribution in [-0.4, -0.2) is 51.4 Å². The van der Waals surface area contributed by atoms with Crippen molar-refractivity contribution in [3.63, 3.8) is 0 Å². The van der Waals surface area contributed by atoms with Gasteiger partial charge < -0.3 is 14.4 Å². The Hall–Kier alpha value is -3.09. The maximum absolute atomic E-state index is 13.8. The highest BCUT2D eigenvalue weighted by Gasteiger charge is 2.33. The van der Waals surface area contributed by atoms with E-state index >= 15 is 0 Å². The van der Waals surface area contributed by atoms with Crippen molar-refractivity contribution in [2.24, 2.45) is 0 Å². The van der Waals surface area contributed by atoms with Gasteiger partial charge in [-0.2, -0.15) is 5.10 Å². The number of likely N-dealkylation sites (tertiary alicyclic amines) is 1. The van der Waals surface area contributed by atoms with Crippen molar-refractivity contribution >= 4 is 16.9 Å². The number of para-hydroxylation sites is 2. The zero-order chi connectivity index (χ0) is 24.7. The zero-order valence-electron chi connectivity index (χ0n) is 21.5. The van der Waals surface area contributed by atoms with Crippen LogP contribution in [-0.2, 0) is 5.54 Å². The quantitative estimate of drug-likeness (QED) is 0.473. The first-order chi connectivity index (χ1) is 16.8. The number of ether oxygens (including phenoxy) is 2. The van der Waals surface area contributed by atoms with Crippen molar-refractivity contribution in [1.82, 2.24) is 19.7 Å². The van der Waals surface area contributed by atoms with Crippen LogP contribution in [0.2, 0.25) is 0 Å². The minimum Gasteiger partial charge on any atom is -0.490 e. The second-order valence-electron chi connectivity index (χ2n) is 10.7. The van der Waals surface area contributed by atoms with Crippen molar-refractivity contribution < 1.29 is 14.3 Å². The van der Waals surface area contributed by atoms with Gasteiger partial charge >= 0.3 is 0 Å². The van der Waals surface area contributed by atoms with Crippen molar-refractivity contribution in [1.29, 1.82) is 0 Å². The molecule has 35 heavy (non-hydrogen) atoms. The highest BCUT2D eigenvalue weighted by atomic mass is 16.5. The summed E-state index contributed by atoms with van der Waals surface area (Å²) in [7, 11) is 0. The van der Waals surface area contributed by atoms with Crippen LogP contribution < -0.4 is 9.47 Å². The number of hydrogen-bond acceptors (Lipinski definition) is 5. The molecule has 2 fully saturated rings. The molecule has 0 N–H and O–H groups in total. The number of nitrogens with zero attached hydrogens (tertiary/aromatic N) is 4. The van der Waals surface area contributed by atoms with Gasteiger partial charge in [-0.3, -0.25) is 4.79 Å². The van der Waals surface area contributed by atoms with E-state index < -0.39 is 0 Å². The maximum atomic E-state index is 13.8. The zero-order valence-corrected chi connectivity index (χ0v) is 21.5. The molecule has 0 unspecified atom stereocenters. The Morgan fingerprint density at radius 2 is 1.77 bits per heavy atom. The summed E-state index contributed by atoms with van der Waals surface area (Å²) in [6, 6.07) is 9.83. The summed E-state index contributed by atoms with van der Waals surface area (Å²) in [5, 5.41) is 5.69. The van der Waals surface area contributed by atoms with Crippen molar-refractivity contribution in [3.8, 4) is 11.5 Å². The summed E-state index contributed by atoms with van der Waals surface area (Å²) in [5.74, 6) is 2.07. The fourth-order valence-corrected chi connectivity index (χ4v) is 4.88. The second-order valence-corrected chi connectivity index (χ2v) is 10.7. The largest absolute Gasteiger partial charge is 0.490 e. The van der Waals surface area contributed by atoms with Crippen molar-refractivity contribution in [2.75, 3.05) is 19.7 Å². The molecule has 1 saturated heterocycles. The third-order valence-electron chi connectivity index (χ3n) is 6.87. The molecule has 1 aliphatic heterocycles. The number of carbonyl (C=O) groups excluding carboxylic acids is 1. The Morgan fingerprint density at radius 1 is 1.09 bits per heavy atom. The predicted molar refractivity (Wildman–Crippen MR) is 136 cm³/mol. The van der Waals surface area contributed by atoms with Gasteiger partial charge in [-0.25, -0.2) is 9.67 Å². The van der Waals surface area contributed by atoms with E-state index in [-0.39, 0.29) is 17.6 Å². The summed E-state index contributed by atoms with van der Waals surface area (Å²) in [5.41, 5.74) is 3.24. The van der Waals surface area contributed by atoms with Crippen LogP contribution in [0.25, 0.3) is 11.0 Å². The molecule has 1 aliphatic carbocycles. The Kier molecular flexibility index (Phi) is 6.20. The summed E-state index contributed by atoms with van der Waals surface area (Å²) in [6.45, 7) is 12.3. The molecule has 1 aromatic carbocycles. The third-order valence-corrected chi connectivity index (χ3v) is 6.87. The molecule has 1 amide bonds. The molecule has 186 valence electrons. The lowest BCUT2D eigenvalue weighted by atomic mass is 10.0. The van der Waals surface area contributed by atoms with E-state index in [1.54, 1.807) is 0 Å². The van der Waals surface area contributed by atoms with Crippen molar-refractivity contribution in [3.05, 3.63) is 47.3 Å². The van der Waals surface area contributed by atoms with Crippen LogP contribution in [0.15, 0.2) is 30.3 Å². The van der Waals surface area contributed by atoms with E-state index in [0.717, 1.165) is 65.2 Å². The highest BCUT2D eigenvalue weighted by molar-refractivity contribution is 6.06. The van der Waals surface area contributed by atoms with Gasteiger partial charge in [-0.05, 0) is 65.7 Å². The molecule has 0 radical (unpaired) electrons. The monoisotopic (exact) mass is 476 g/mol. The van der Waals surface area contributed by atoms with Crippen LogP contribution in [0.3, 0.4) is 0 Å². The minimum atomic E-state index is -0.213. The van der Waals surface area contributed by atoms with Gasteiger partial charge in [0.2, 0.25) is 0 Å². The Bertz CT molecular complexity index is 1230. The number of pyridine rings is 1. The van der Waals surface area contributed by atoms with Crippen LogP contribution in [0.4, 0.5) is 0 Å². The molecule has 2 aliphatic rings. The van der Waals surface area contributed by atoms with Gasteiger partial charge in [-0.15, -0.1) is 0 Å². The van der Waals surface area contributed by atoms with Gasteiger partial charge in [0.1, 0.15) is 6.10 Å². The van der Waals surface area contributed by atoms with Crippen LogP contribution in [0, 0.1) is 6.92 Å². The molecule has 3 aromatic rings. The first kappa shape index (κ1) is 23.6. The molecule has 7 heteroatoms. The molecule has 5 rings (SSSR count). The van der Waals surface area contributed by atoms with E-state index in [1.165, 1.54) is 0 Å². The molecule has 1 saturated carbocycles.